The van der Waals surface area contributed by atoms with Crippen LogP contribution < -0.4 is 5.73 Å². The highest BCUT2D eigenvalue weighted by atomic mass is 16.3. The quantitative estimate of drug-likeness (QED) is 0.321. The summed E-state index contributed by atoms with van der Waals surface area (Å²) in [5.74, 6) is -0.0802. The summed E-state index contributed by atoms with van der Waals surface area (Å²) in [7, 11) is 0. The van der Waals surface area contributed by atoms with Crippen molar-refractivity contribution in [3.05, 3.63) is 12.7 Å². The Morgan fingerprint density at radius 3 is 2.62 bits per heavy atom. The highest BCUT2D eigenvalue weighted by molar-refractivity contribution is 5.90. The molecule has 0 aliphatic rings. The number of carbonyl (C=O) groups excluding carboxylic acids is 1. The zero-order valence-electron chi connectivity index (χ0n) is 9.81. The van der Waals surface area contributed by atoms with Gasteiger partial charge in [0.25, 0.3) is 0 Å². The molecule has 0 radical (unpaired) electrons. The van der Waals surface area contributed by atoms with E-state index in [9.17, 15) is 9.90 Å². The molecule has 16 heavy (non-hydrogen) atoms. The summed E-state index contributed by atoms with van der Waals surface area (Å²) in [6.07, 6.45) is 0.423. The van der Waals surface area contributed by atoms with E-state index in [2.05, 4.69) is 11.6 Å². The van der Waals surface area contributed by atoms with Crippen LogP contribution in [0.25, 0.3) is 0 Å². The number of aliphatic hydroxyl groups is 2. The molecular formula is C11H20N2O3. The van der Waals surface area contributed by atoms with Gasteiger partial charge in [-0.3, -0.25) is 9.79 Å². The van der Waals surface area contributed by atoms with Crippen molar-refractivity contribution < 1.29 is 15.0 Å². The second-order valence-electron chi connectivity index (χ2n) is 4.28. The molecule has 0 saturated heterocycles. The van der Waals surface area contributed by atoms with Crippen molar-refractivity contribution in [2.75, 3.05) is 13.2 Å². The molecule has 92 valence electrons. The topological polar surface area (TPSA) is 95.9 Å². The van der Waals surface area contributed by atoms with Gasteiger partial charge in [0.05, 0.1) is 6.61 Å². The number of hydrogen-bond donors (Lipinski definition) is 3. The summed E-state index contributed by atoms with van der Waals surface area (Å²) < 4.78 is 0. The summed E-state index contributed by atoms with van der Waals surface area (Å²) in [4.78, 5) is 14.8. The van der Waals surface area contributed by atoms with Crippen molar-refractivity contribution in [2.24, 2.45) is 16.1 Å². The van der Waals surface area contributed by atoms with Crippen LogP contribution in [0, 0.1) is 5.41 Å². The van der Waals surface area contributed by atoms with Crippen LogP contribution >= 0.6 is 0 Å². The molecule has 0 saturated carbocycles. The number of carbonyl (C=O) groups is 1. The van der Waals surface area contributed by atoms with Gasteiger partial charge in [0.2, 0.25) is 0 Å². The number of amidine groups is 1. The molecule has 0 rings (SSSR count). The van der Waals surface area contributed by atoms with E-state index in [1.54, 1.807) is 13.8 Å². The summed E-state index contributed by atoms with van der Waals surface area (Å²) in [5, 5.41) is 18.8. The Balaban J connectivity index is 4.32. The number of allylic oxidation sites excluding steroid dienone is 1. The van der Waals surface area contributed by atoms with Gasteiger partial charge in [0.1, 0.15) is 11.9 Å². The van der Waals surface area contributed by atoms with Crippen LogP contribution in [0.15, 0.2) is 17.6 Å². The minimum atomic E-state index is -1.02. The maximum atomic E-state index is 10.9. The maximum absolute atomic E-state index is 10.9. The number of nitrogens with two attached hydrogens (primary N) is 1. The summed E-state index contributed by atoms with van der Waals surface area (Å²) in [6.45, 7) is 6.70. The highest BCUT2D eigenvalue weighted by Crippen LogP contribution is 2.19. The molecule has 0 unspecified atom stereocenters. The minimum Gasteiger partial charge on any atom is -0.396 e. The van der Waals surface area contributed by atoms with E-state index in [1.165, 1.54) is 6.08 Å². The average Bonchev–Trinajstić information content (AvgIpc) is 2.27. The number of ketones is 1. The van der Waals surface area contributed by atoms with Crippen molar-refractivity contribution in [1.82, 2.24) is 0 Å². The Kier molecular flexibility index (Phi) is 5.92. The van der Waals surface area contributed by atoms with E-state index in [0.717, 1.165) is 0 Å². The van der Waals surface area contributed by atoms with Crippen LogP contribution in [0.1, 0.15) is 20.3 Å². The van der Waals surface area contributed by atoms with E-state index < -0.39 is 11.5 Å². The molecule has 0 bridgehead atoms. The molecule has 0 aromatic heterocycles. The van der Waals surface area contributed by atoms with Crippen LogP contribution in [0.2, 0.25) is 0 Å². The van der Waals surface area contributed by atoms with Gasteiger partial charge in [0, 0.05) is 18.4 Å². The van der Waals surface area contributed by atoms with Crippen LogP contribution in [0.5, 0.6) is 0 Å². The lowest BCUT2D eigenvalue weighted by Crippen LogP contribution is -2.43. The third-order valence-corrected chi connectivity index (χ3v) is 2.31. The predicted molar refractivity (Wildman–Crippen MR) is 63.2 cm³/mol. The zero-order chi connectivity index (χ0) is 12.8. The van der Waals surface area contributed by atoms with Gasteiger partial charge in [-0.25, -0.2) is 0 Å². The Morgan fingerprint density at radius 1 is 1.62 bits per heavy atom. The molecule has 0 aromatic carbocycles. The van der Waals surface area contributed by atoms with Gasteiger partial charge in [-0.2, -0.15) is 0 Å². The molecule has 0 amide bonds. The van der Waals surface area contributed by atoms with Crippen molar-refractivity contribution in [1.29, 1.82) is 0 Å². The lowest BCUT2D eigenvalue weighted by Gasteiger charge is -2.27. The monoisotopic (exact) mass is 228 g/mol. The fourth-order valence-corrected chi connectivity index (χ4v) is 0.971. The van der Waals surface area contributed by atoms with Crippen molar-refractivity contribution >= 4 is 11.6 Å². The fourth-order valence-electron chi connectivity index (χ4n) is 0.971. The fraction of sp³-hybridized carbons (Fsp3) is 0.636. The van der Waals surface area contributed by atoms with E-state index in [-0.39, 0.29) is 31.2 Å². The number of aliphatic imine (C=N–C) groups is 1. The van der Waals surface area contributed by atoms with Crippen LogP contribution in [0.3, 0.4) is 0 Å². The smallest absolute Gasteiger partial charge is 0.156 e. The molecule has 4 N–H and O–H groups in total. The number of rotatable bonds is 7. The minimum absolute atomic E-state index is 0.0379. The van der Waals surface area contributed by atoms with Gasteiger partial charge >= 0.3 is 0 Å². The molecule has 0 spiro atoms. The largest absolute Gasteiger partial charge is 0.396 e. The molecule has 0 aliphatic heterocycles. The zero-order valence-corrected chi connectivity index (χ0v) is 9.81. The van der Waals surface area contributed by atoms with E-state index in [4.69, 9.17) is 10.8 Å². The van der Waals surface area contributed by atoms with E-state index >= 15 is 0 Å². The summed E-state index contributed by atoms with van der Waals surface area (Å²) in [5.41, 5.74) is 4.82. The number of nitrogens with zero attached hydrogens (tertiary/aromatic N) is 1. The third kappa shape index (κ3) is 4.55. The molecule has 0 heterocycles. The SMILES string of the molecule is C=CC(=O)CCN=C(N)[C@H](O)C(C)(C)CO. The first-order chi connectivity index (χ1) is 7.35. The number of aliphatic hydroxyl groups excluding tert-OH is 2. The standard InChI is InChI=1S/C11H20N2O3/c1-4-8(15)5-6-13-10(12)9(16)11(2,3)7-14/h4,9,14,16H,1,5-7H2,2-3H3,(H2,12,13)/t9-/m0/s1. The van der Waals surface area contributed by atoms with Crippen LogP contribution in [-0.2, 0) is 4.79 Å². The van der Waals surface area contributed by atoms with Gasteiger partial charge in [-0.1, -0.05) is 20.4 Å². The van der Waals surface area contributed by atoms with Gasteiger partial charge in [0.15, 0.2) is 5.78 Å². The normalized spacial score (nSPS) is 14.6. The molecule has 5 nitrogen and oxygen atoms in total. The van der Waals surface area contributed by atoms with Gasteiger partial charge < -0.3 is 15.9 Å². The molecule has 0 aliphatic carbocycles. The highest BCUT2D eigenvalue weighted by Gasteiger charge is 2.29. The molecule has 0 fully saturated rings. The van der Waals surface area contributed by atoms with Crippen molar-refractivity contribution in [3.63, 3.8) is 0 Å². The Morgan fingerprint density at radius 2 is 2.19 bits per heavy atom. The average molecular weight is 228 g/mol. The van der Waals surface area contributed by atoms with Crippen molar-refractivity contribution in [2.45, 2.75) is 26.4 Å². The van der Waals surface area contributed by atoms with Gasteiger partial charge in [-0.05, 0) is 6.08 Å². The predicted octanol–water partition coefficient (Wildman–Crippen LogP) is -0.132. The molecule has 1 atom stereocenters. The number of hydrogen-bond acceptors (Lipinski definition) is 4. The van der Waals surface area contributed by atoms with E-state index in [1.807, 2.05) is 0 Å². The van der Waals surface area contributed by atoms with Gasteiger partial charge in [-0.15, -0.1) is 0 Å². The Hall–Kier alpha value is -1.20. The Labute approximate surface area is 95.7 Å². The first-order valence-electron chi connectivity index (χ1n) is 5.09. The lowest BCUT2D eigenvalue weighted by atomic mass is 9.87. The molecular weight excluding hydrogens is 208 g/mol. The van der Waals surface area contributed by atoms with E-state index in [0.29, 0.717) is 0 Å². The first-order valence-corrected chi connectivity index (χ1v) is 5.09. The lowest BCUT2D eigenvalue weighted by molar-refractivity contribution is -0.114. The maximum Gasteiger partial charge on any atom is 0.156 e. The summed E-state index contributed by atoms with van der Waals surface area (Å²) >= 11 is 0. The first kappa shape index (κ1) is 14.8. The van der Waals surface area contributed by atoms with Crippen molar-refractivity contribution in [3.8, 4) is 0 Å². The third-order valence-electron chi connectivity index (χ3n) is 2.31. The van der Waals surface area contributed by atoms with Crippen LogP contribution in [-0.4, -0.2) is 41.1 Å². The Bertz CT molecular complexity index is 285. The molecule has 5 heteroatoms. The summed E-state index contributed by atoms with van der Waals surface area (Å²) in [6, 6.07) is 0. The second kappa shape index (κ2) is 6.40. The second-order valence-corrected chi connectivity index (χ2v) is 4.28. The van der Waals surface area contributed by atoms with Crippen LogP contribution in [0.4, 0.5) is 0 Å². The molecule has 0 aromatic rings.